The smallest absolute Gasteiger partial charge is 0.350 e. The van der Waals surface area contributed by atoms with Crippen LogP contribution in [0.3, 0.4) is 0 Å². The van der Waals surface area contributed by atoms with Crippen molar-refractivity contribution in [3.63, 3.8) is 0 Å². The fourth-order valence-electron chi connectivity index (χ4n) is 2.69. The second-order valence-electron chi connectivity index (χ2n) is 6.64. The number of aromatic nitrogens is 1. The second kappa shape index (κ2) is 10.5. The average molecular weight is 425 g/mol. The van der Waals surface area contributed by atoms with E-state index in [1.807, 2.05) is 54.6 Å². The van der Waals surface area contributed by atoms with Crippen molar-refractivity contribution in [2.75, 3.05) is 11.9 Å². The van der Waals surface area contributed by atoms with Crippen LogP contribution in [0.25, 0.3) is 0 Å². The number of amides is 1. The highest BCUT2D eigenvalue weighted by atomic mass is 32.1. The minimum Gasteiger partial charge on any atom is -0.493 e. The van der Waals surface area contributed by atoms with Gasteiger partial charge in [-0.05, 0) is 36.6 Å². The highest BCUT2D eigenvalue weighted by molar-refractivity contribution is 7.17. The van der Waals surface area contributed by atoms with E-state index in [0.29, 0.717) is 15.7 Å². The van der Waals surface area contributed by atoms with E-state index in [-0.39, 0.29) is 25.5 Å². The quantitative estimate of drug-likeness (QED) is 0.500. The number of nitrogens with one attached hydrogen (secondary N) is 1. The van der Waals surface area contributed by atoms with Crippen LogP contribution in [-0.4, -0.2) is 23.5 Å². The Kier molecular flexibility index (Phi) is 7.57. The van der Waals surface area contributed by atoms with E-state index >= 15 is 0 Å². The summed E-state index contributed by atoms with van der Waals surface area (Å²) in [6, 6.07) is 17.3. The molecule has 0 unspecified atom stereocenters. The van der Waals surface area contributed by atoms with E-state index in [9.17, 15) is 9.59 Å². The van der Waals surface area contributed by atoms with Gasteiger partial charge in [0.1, 0.15) is 17.2 Å². The van der Waals surface area contributed by atoms with Crippen molar-refractivity contribution < 1.29 is 19.1 Å². The molecule has 0 bridgehead atoms. The average Bonchev–Trinajstić information content (AvgIpc) is 3.13. The van der Waals surface area contributed by atoms with Crippen LogP contribution >= 0.6 is 11.3 Å². The Labute approximate surface area is 179 Å². The SMILES string of the molecule is CCc1ccc(OCCC(=O)Nc2nc(C)c(C(=O)OCc3ccccc3)s2)cc1. The summed E-state index contributed by atoms with van der Waals surface area (Å²) in [5.41, 5.74) is 2.67. The number of aryl methyl sites for hydroxylation is 2. The van der Waals surface area contributed by atoms with Crippen LogP contribution in [0.2, 0.25) is 0 Å². The Morgan fingerprint density at radius 1 is 1.03 bits per heavy atom. The van der Waals surface area contributed by atoms with Crippen LogP contribution in [0.4, 0.5) is 5.13 Å². The Bertz CT molecular complexity index is 984. The monoisotopic (exact) mass is 424 g/mol. The number of rotatable bonds is 9. The molecule has 0 aliphatic carbocycles. The molecular weight excluding hydrogens is 400 g/mol. The molecule has 1 aromatic heterocycles. The summed E-state index contributed by atoms with van der Waals surface area (Å²) >= 11 is 1.11. The zero-order valence-corrected chi connectivity index (χ0v) is 17.8. The molecule has 0 radical (unpaired) electrons. The van der Waals surface area contributed by atoms with E-state index < -0.39 is 5.97 Å². The van der Waals surface area contributed by atoms with Crippen LogP contribution in [-0.2, 0) is 22.6 Å². The molecule has 0 spiro atoms. The molecule has 1 heterocycles. The Hall–Kier alpha value is -3.19. The summed E-state index contributed by atoms with van der Waals surface area (Å²) < 4.78 is 10.9. The molecule has 0 saturated heterocycles. The largest absolute Gasteiger partial charge is 0.493 e. The number of ether oxygens (including phenoxy) is 2. The Morgan fingerprint density at radius 2 is 1.77 bits per heavy atom. The minimum absolute atomic E-state index is 0.182. The number of anilines is 1. The highest BCUT2D eigenvalue weighted by Gasteiger charge is 2.18. The van der Waals surface area contributed by atoms with E-state index in [2.05, 4.69) is 17.2 Å². The Morgan fingerprint density at radius 3 is 2.47 bits per heavy atom. The van der Waals surface area contributed by atoms with Gasteiger partial charge in [-0.2, -0.15) is 0 Å². The number of hydrogen-bond donors (Lipinski definition) is 1. The Balaban J connectivity index is 1.46. The van der Waals surface area contributed by atoms with Gasteiger partial charge in [-0.25, -0.2) is 9.78 Å². The van der Waals surface area contributed by atoms with E-state index in [0.717, 1.165) is 29.1 Å². The number of nitrogens with zero attached hydrogens (tertiary/aromatic N) is 1. The number of carbonyl (C=O) groups is 2. The van der Waals surface area contributed by atoms with Crippen LogP contribution in [0.1, 0.15) is 39.8 Å². The van der Waals surface area contributed by atoms with Crippen molar-refractivity contribution in [1.82, 2.24) is 4.98 Å². The molecule has 3 rings (SSSR count). The van der Waals surface area contributed by atoms with E-state index in [4.69, 9.17) is 9.47 Å². The standard InChI is InChI=1S/C23H24N2O4S/c1-3-17-9-11-19(12-10-17)28-14-13-20(26)25-23-24-16(2)21(30-23)22(27)29-15-18-7-5-4-6-8-18/h4-12H,3,13-15H2,1-2H3,(H,24,25,26). The van der Waals surface area contributed by atoms with Crippen molar-refractivity contribution in [3.8, 4) is 5.75 Å². The zero-order valence-electron chi connectivity index (χ0n) is 17.0. The van der Waals surface area contributed by atoms with Gasteiger partial charge in [0.2, 0.25) is 5.91 Å². The lowest BCUT2D eigenvalue weighted by atomic mass is 10.2. The molecule has 0 aliphatic heterocycles. The number of hydrogen-bond acceptors (Lipinski definition) is 6. The molecule has 0 atom stereocenters. The third kappa shape index (κ3) is 6.15. The highest BCUT2D eigenvalue weighted by Crippen LogP contribution is 2.24. The van der Waals surface area contributed by atoms with Crippen molar-refractivity contribution in [2.24, 2.45) is 0 Å². The van der Waals surface area contributed by atoms with Gasteiger partial charge >= 0.3 is 5.97 Å². The van der Waals surface area contributed by atoms with Gasteiger partial charge in [-0.3, -0.25) is 4.79 Å². The van der Waals surface area contributed by atoms with Crippen molar-refractivity contribution in [3.05, 3.63) is 76.3 Å². The summed E-state index contributed by atoms with van der Waals surface area (Å²) in [7, 11) is 0. The molecule has 1 N–H and O–H groups in total. The molecule has 30 heavy (non-hydrogen) atoms. The first-order valence-corrected chi connectivity index (χ1v) is 10.6. The van der Waals surface area contributed by atoms with Crippen LogP contribution in [0.15, 0.2) is 54.6 Å². The maximum absolute atomic E-state index is 12.3. The van der Waals surface area contributed by atoms with Crippen molar-refractivity contribution >= 4 is 28.3 Å². The maximum Gasteiger partial charge on any atom is 0.350 e. The van der Waals surface area contributed by atoms with Gasteiger partial charge in [0.05, 0.1) is 18.7 Å². The van der Waals surface area contributed by atoms with Gasteiger partial charge in [0, 0.05) is 0 Å². The van der Waals surface area contributed by atoms with Gasteiger partial charge in [0.15, 0.2) is 5.13 Å². The van der Waals surface area contributed by atoms with Crippen molar-refractivity contribution in [2.45, 2.75) is 33.3 Å². The third-order valence-corrected chi connectivity index (χ3v) is 5.42. The van der Waals surface area contributed by atoms with E-state index in [1.54, 1.807) is 6.92 Å². The molecule has 0 fully saturated rings. The predicted molar refractivity (Wildman–Crippen MR) is 117 cm³/mol. The van der Waals surface area contributed by atoms with Crippen LogP contribution in [0.5, 0.6) is 5.75 Å². The molecule has 156 valence electrons. The zero-order chi connectivity index (χ0) is 21.3. The van der Waals surface area contributed by atoms with Gasteiger partial charge in [-0.1, -0.05) is 60.7 Å². The van der Waals surface area contributed by atoms with Gasteiger partial charge in [-0.15, -0.1) is 0 Å². The predicted octanol–water partition coefficient (Wildman–Crippen LogP) is 4.78. The first-order chi connectivity index (χ1) is 14.5. The fourth-order valence-corrected chi connectivity index (χ4v) is 3.57. The molecule has 3 aromatic rings. The van der Waals surface area contributed by atoms with Crippen molar-refractivity contribution in [1.29, 1.82) is 0 Å². The molecule has 0 saturated carbocycles. The second-order valence-corrected chi connectivity index (χ2v) is 7.64. The molecule has 2 aromatic carbocycles. The number of thiazole rings is 1. The fraction of sp³-hybridized carbons (Fsp3) is 0.261. The first kappa shape index (κ1) is 21.5. The lowest BCUT2D eigenvalue weighted by molar-refractivity contribution is -0.116. The number of carbonyl (C=O) groups excluding carboxylic acids is 2. The maximum atomic E-state index is 12.3. The first-order valence-electron chi connectivity index (χ1n) is 9.75. The molecule has 6 nitrogen and oxygen atoms in total. The summed E-state index contributed by atoms with van der Waals surface area (Å²) in [6.07, 6.45) is 1.15. The minimum atomic E-state index is -0.451. The number of benzene rings is 2. The summed E-state index contributed by atoms with van der Waals surface area (Å²) in [6.45, 7) is 4.26. The van der Waals surface area contributed by atoms with E-state index in [1.165, 1.54) is 5.56 Å². The van der Waals surface area contributed by atoms with Gasteiger partial charge < -0.3 is 14.8 Å². The number of esters is 1. The normalized spacial score (nSPS) is 10.5. The molecule has 1 amide bonds. The lowest BCUT2D eigenvalue weighted by Gasteiger charge is -2.06. The molecule has 7 heteroatoms. The summed E-state index contributed by atoms with van der Waals surface area (Å²) in [5.74, 6) is 0.0554. The molecular formula is C23H24N2O4S. The van der Waals surface area contributed by atoms with Crippen LogP contribution in [0, 0.1) is 6.92 Å². The molecule has 0 aliphatic rings. The van der Waals surface area contributed by atoms with Crippen LogP contribution < -0.4 is 10.1 Å². The summed E-state index contributed by atoms with van der Waals surface area (Å²) in [4.78, 5) is 29.1. The topological polar surface area (TPSA) is 77.5 Å². The lowest BCUT2D eigenvalue weighted by Crippen LogP contribution is -2.15. The third-order valence-electron chi connectivity index (χ3n) is 4.37. The summed E-state index contributed by atoms with van der Waals surface area (Å²) in [5, 5.41) is 3.09. The van der Waals surface area contributed by atoms with Gasteiger partial charge in [0.25, 0.3) is 0 Å².